The Balaban J connectivity index is 4.16. The van der Waals surface area contributed by atoms with Gasteiger partial charge in [0.2, 0.25) is 0 Å². The van der Waals surface area contributed by atoms with E-state index in [0.29, 0.717) is 6.61 Å². The van der Waals surface area contributed by atoms with Crippen molar-refractivity contribution in [1.29, 1.82) is 0 Å². The predicted molar refractivity (Wildman–Crippen MR) is 49.8 cm³/mol. The van der Waals surface area contributed by atoms with Crippen molar-refractivity contribution in [3.05, 3.63) is 0 Å². The van der Waals surface area contributed by atoms with E-state index in [9.17, 15) is 8.42 Å². The summed E-state index contributed by atoms with van der Waals surface area (Å²) in [4.78, 5) is 0. The van der Waals surface area contributed by atoms with Crippen LogP contribution in [0.4, 0.5) is 0 Å². The molecule has 0 saturated heterocycles. The highest BCUT2D eigenvalue weighted by molar-refractivity contribution is 7.85. The molecule has 0 bridgehead atoms. The first kappa shape index (κ1) is 12.4. The lowest BCUT2D eigenvalue weighted by atomic mass is 10.2. The average Bonchev–Trinajstić information content (AvgIpc) is 1.98. The van der Waals surface area contributed by atoms with Crippen LogP contribution < -0.4 is 0 Å². The molecule has 4 nitrogen and oxygen atoms in total. The van der Waals surface area contributed by atoms with Crippen molar-refractivity contribution in [2.45, 2.75) is 13.8 Å². The van der Waals surface area contributed by atoms with Gasteiger partial charge in [0, 0.05) is 6.61 Å². The minimum absolute atomic E-state index is 0.233. The normalized spacial score (nSPS) is 13.2. The molecule has 1 unspecified atom stereocenters. The van der Waals surface area contributed by atoms with Crippen molar-refractivity contribution in [3.63, 3.8) is 0 Å². The second-order valence-corrected chi connectivity index (χ2v) is 4.00. The van der Waals surface area contributed by atoms with E-state index in [1.165, 1.54) is 0 Å². The number of rotatable bonds is 5. The first-order valence-electron chi connectivity index (χ1n) is 3.94. The maximum absolute atomic E-state index is 10.5. The summed E-state index contributed by atoms with van der Waals surface area (Å²) >= 11 is 0. The van der Waals surface area contributed by atoms with Crippen LogP contribution in [0.15, 0.2) is 0 Å². The van der Waals surface area contributed by atoms with Gasteiger partial charge in [0.05, 0.1) is 18.3 Å². The molecule has 5 heteroatoms. The maximum atomic E-state index is 10.5. The van der Waals surface area contributed by atoms with Gasteiger partial charge < -0.3 is 4.74 Å². The van der Waals surface area contributed by atoms with Gasteiger partial charge in [-0.25, -0.2) is 0 Å². The zero-order chi connectivity index (χ0) is 10.3. The van der Waals surface area contributed by atoms with Crippen LogP contribution in [0, 0.1) is 17.8 Å². The summed E-state index contributed by atoms with van der Waals surface area (Å²) in [5.41, 5.74) is 0. The summed E-state index contributed by atoms with van der Waals surface area (Å²) in [6.45, 7) is 4.16. The van der Waals surface area contributed by atoms with Crippen LogP contribution in [0.1, 0.15) is 13.8 Å². The molecule has 0 aromatic heterocycles. The first-order chi connectivity index (χ1) is 5.99. The van der Waals surface area contributed by atoms with Gasteiger partial charge in [-0.15, -0.1) is 5.92 Å². The molecule has 0 spiro atoms. The quantitative estimate of drug-likeness (QED) is 0.527. The molecule has 0 aliphatic heterocycles. The fourth-order valence-corrected chi connectivity index (χ4v) is 1.54. The van der Waals surface area contributed by atoms with Gasteiger partial charge >= 0.3 is 0 Å². The Hall–Kier alpha value is -0.570. The van der Waals surface area contributed by atoms with Gasteiger partial charge in [-0.2, -0.15) is 8.42 Å². The van der Waals surface area contributed by atoms with E-state index in [-0.39, 0.29) is 12.4 Å². The van der Waals surface area contributed by atoms with E-state index in [1.807, 2.05) is 6.92 Å². The molecule has 1 N–H and O–H groups in total. The minimum Gasteiger partial charge on any atom is -0.380 e. The summed E-state index contributed by atoms with van der Waals surface area (Å²) in [7, 11) is -3.96. The highest BCUT2D eigenvalue weighted by atomic mass is 32.2. The molecule has 76 valence electrons. The Morgan fingerprint density at radius 1 is 1.54 bits per heavy atom. The largest absolute Gasteiger partial charge is 0.380 e. The summed E-state index contributed by atoms with van der Waals surface area (Å²) in [6, 6.07) is 0. The molecule has 13 heavy (non-hydrogen) atoms. The molecule has 0 heterocycles. The van der Waals surface area contributed by atoms with Crippen LogP contribution >= 0.6 is 0 Å². The van der Waals surface area contributed by atoms with Gasteiger partial charge in [-0.05, 0) is 13.8 Å². The van der Waals surface area contributed by atoms with E-state index < -0.39 is 16.0 Å². The smallest absolute Gasteiger partial charge is 0.266 e. The first-order valence-corrected chi connectivity index (χ1v) is 5.55. The summed E-state index contributed by atoms with van der Waals surface area (Å²) in [6.07, 6.45) is 0. The monoisotopic (exact) mass is 206 g/mol. The molecule has 0 aliphatic carbocycles. The Kier molecular flexibility index (Phi) is 5.71. The molecular formula is C8H14O4S. The Bertz CT molecular complexity index is 283. The standard InChI is InChI=1S/C8H14O4S/c1-3-5-8(6-12-4-2)7-13(9,10)11/h8H,4,6-7H2,1-2H3,(H,9,10,11). The predicted octanol–water partition coefficient (Wildman–Crippen LogP) is 0.550. The minimum atomic E-state index is -3.96. The SMILES string of the molecule is CC#CC(COCC)CS(=O)(=O)O. The van der Waals surface area contributed by atoms with Gasteiger partial charge in [0.15, 0.2) is 0 Å². The van der Waals surface area contributed by atoms with Crippen molar-refractivity contribution in [3.8, 4) is 11.8 Å². The Morgan fingerprint density at radius 2 is 2.15 bits per heavy atom. The molecule has 0 aliphatic rings. The molecule has 1 atom stereocenters. The lowest BCUT2D eigenvalue weighted by Crippen LogP contribution is -2.18. The molecule has 0 amide bonds. The molecule has 0 aromatic rings. The van der Waals surface area contributed by atoms with E-state index >= 15 is 0 Å². The van der Waals surface area contributed by atoms with Crippen LogP contribution in [-0.2, 0) is 14.9 Å². The van der Waals surface area contributed by atoms with Crippen molar-refractivity contribution >= 4 is 10.1 Å². The lowest BCUT2D eigenvalue weighted by molar-refractivity contribution is 0.131. The van der Waals surface area contributed by atoms with Crippen molar-refractivity contribution in [1.82, 2.24) is 0 Å². The topological polar surface area (TPSA) is 63.6 Å². The zero-order valence-corrected chi connectivity index (χ0v) is 8.60. The van der Waals surface area contributed by atoms with Crippen LogP contribution in [0.3, 0.4) is 0 Å². The van der Waals surface area contributed by atoms with Gasteiger partial charge in [-0.3, -0.25) is 4.55 Å². The van der Waals surface area contributed by atoms with Crippen LogP contribution in [0.25, 0.3) is 0 Å². The Morgan fingerprint density at radius 3 is 2.54 bits per heavy atom. The van der Waals surface area contributed by atoms with Crippen LogP contribution in [-0.4, -0.2) is 31.9 Å². The maximum Gasteiger partial charge on any atom is 0.266 e. The number of hydrogen-bond donors (Lipinski definition) is 1. The zero-order valence-electron chi connectivity index (χ0n) is 7.78. The van der Waals surface area contributed by atoms with E-state index in [0.717, 1.165) is 0 Å². The molecule has 0 saturated carbocycles. The summed E-state index contributed by atoms with van der Waals surface area (Å²) in [5.74, 6) is 4.44. The third-order valence-corrected chi connectivity index (χ3v) is 2.11. The van der Waals surface area contributed by atoms with Crippen molar-refractivity contribution < 1.29 is 17.7 Å². The average molecular weight is 206 g/mol. The molecule has 0 aromatic carbocycles. The van der Waals surface area contributed by atoms with Crippen molar-refractivity contribution in [2.75, 3.05) is 19.0 Å². The molecule has 0 fully saturated rings. The molecule has 0 rings (SSSR count). The molecular weight excluding hydrogens is 192 g/mol. The highest BCUT2D eigenvalue weighted by Gasteiger charge is 2.14. The third kappa shape index (κ3) is 7.78. The van der Waals surface area contributed by atoms with Crippen LogP contribution in [0.2, 0.25) is 0 Å². The van der Waals surface area contributed by atoms with Crippen molar-refractivity contribution in [2.24, 2.45) is 5.92 Å². The molecule has 0 radical (unpaired) electrons. The second-order valence-electron chi connectivity index (χ2n) is 2.50. The van der Waals surface area contributed by atoms with E-state index in [1.54, 1.807) is 6.92 Å². The van der Waals surface area contributed by atoms with Gasteiger partial charge in [-0.1, -0.05) is 5.92 Å². The fraction of sp³-hybridized carbons (Fsp3) is 0.750. The van der Waals surface area contributed by atoms with E-state index in [2.05, 4.69) is 11.8 Å². The summed E-state index contributed by atoms with van der Waals surface area (Å²) < 4.78 is 34.6. The van der Waals surface area contributed by atoms with Crippen LogP contribution in [0.5, 0.6) is 0 Å². The lowest BCUT2D eigenvalue weighted by Gasteiger charge is -2.07. The highest BCUT2D eigenvalue weighted by Crippen LogP contribution is 2.00. The number of ether oxygens (including phenoxy) is 1. The third-order valence-electron chi connectivity index (χ3n) is 1.28. The Labute approximate surface area is 79.0 Å². The van der Waals surface area contributed by atoms with Gasteiger partial charge in [0.1, 0.15) is 0 Å². The fourth-order valence-electron chi connectivity index (χ4n) is 0.850. The van der Waals surface area contributed by atoms with Gasteiger partial charge in [0.25, 0.3) is 10.1 Å². The number of hydrogen-bond acceptors (Lipinski definition) is 3. The second kappa shape index (κ2) is 5.97. The summed E-state index contributed by atoms with van der Waals surface area (Å²) in [5, 5.41) is 0. The van der Waals surface area contributed by atoms with E-state index in [4.69, 9.17) is 9.29 Å².